The molecule has 2 unspecified atom stereocenters. The predicted octanol–water partition coefficient (Wildman–Crippen LogP) is 13.9. The molecule has 2 N–H and O–H groups in total. The first kappa shape index (κ1) is 57.2. The number of hydrogen-bond donors (Lipinski definition) is 2. The molecule has 0 saturated carbocycles. The molecule has 0 bridgehead atoms. The lowest BCUT2D eigenvalue weighted by atomic mass is 10.1. The maximum atomic E-state index is 12.7. The van der Waals surface area contributed by atoms with Crippen LogP contribution in [0.15, 0.2) is 85.1 Å². The Kier molecular flexibility index (Phi) is 43.6. The molecule has 0 heterocycles. The number of unbranched alkanes of at least 4 members (excludes halogenated alkanes) is 15. The molecule has 0 aromatic carbocycles. The van der Waals surface area contributed by atoms with Crippen molar-refractivity contribution in [3.8, 4) is 0 Å². The monoisotopic (exact) mass is 860 g/mol. The number of phosphoric acid groups is 1. The average molecular weight is 860 g/mol. The second kappa shape index (κ2) is 45.7. The van der Waals surface area contributed by atoms with E-state index in [1.807, 2.05) is 0 Å². The Morgan fingerprint density at radius 1 is 0.533 bits per heavy atom. The molecule has 0 aliphatic rings. The standard InChI is InChI=1S/C50H86NO8P/c1-4-6-8-10-12-14-16-18-20-22-24-26-28-30-32-34-36-38-40-42-49(52)56-46-48(47-58-60(54,55)57-45-44-51-3)59-50(53)43-41-39-37-35-33-31-29-27-25-23-21-19-17-15-13-11-9-7-5-2/h6,8,12-15,18-21,24,26,30,32,48,51H,4-5,7,9-11,16-17,22-23,25,27-29,31,33-47H2,1-3H3,(H,54,55)/b8-6-,14-12-,15-13-,20-18-,21-19-,26-24-,32-30-. The summed E-state index contributed by atoms with van der Waals surface area (Å²) >= 11 is 0. The molecule has 60 heavy (non-hydrogen) atoms. The van der Waals surface area contributed by atoms with Gasteiger partial charge in [-0.15, -0.1) is 0 Å². The van der Waals surface area contributed by atoms with Gasteiger partial charge in [0.15, 0.2) is 6.10 Å². The number of carbonyl (C=O) groups is 2. The first-order valence-corrected chi connectivity index (χ1v) is 25.0. The molecule has 0 aromatic heterocycles. The van der Waals surface area contributed by atoms with E-state index < -0.39 is 32.5 Å². The minimum absolute atomic E-state index is 0.0278. The number of esters is 2. The van der Waals surface area contributed by atoms with Gasteiger partial charge in [0.2, 0.25) is 0 Å². The number of phosphoric ester groups is 1. The summed E-state index contributed by atoms with van der Waals surface area (Å²) in [5.74, 6) is -0.854. The first-order valence-electron chi connectivity index (χ1n) is 23.5. The van der Waals surface area contributed by atoms with Crippen molar-refractivity contribution in [3.63, 3.8) is 0 Å². The Hall–Kier alpha value is -2.81. The first-order chi connectivity index (χ1) is 29.3. The van der Waals surface area contributed by atoms with Gasteiger partial charge in [-0.2, -0.15) is 0 Å². The number of ether oxygens (including phenoxy) is 2. The molecule has 10 heteroatoms. The summed E-state index contributed by atoms with van der Waals surface area (Å²) < 4.78 is 33.2. The van der Waals surface area contributed by atoms with Crippen LogP contribution in [-0.2, 0) is 32.7 Å². The lowest BCUT2D eigenvalue weighted by Crippen LogP contribution is -2.29. The van der Waals surface area contributed by atoms with Crippen molar-refractivity contribution in [2.24, 2.45) is 0 Å². The minimum Gasteiger partial charge on any atom is -0.462 e. The number of carbonyl (C=O) groups excluding carboxylic acids is 2. The molecule has 2 atom stereocenters. The number of nitrogens with one attached hydrogen (secondary N) is 1. The van der Waals surface area contributed by atoms with Crippen LogP contribution in [0.2, 0.25) is 0 Å². The molecule has 9 nitrogen and oxygen atoms in total. The summed E-state index contributed by atoms with van der Waals surface area (Å²) in [6, 6.07) is 0. The summed E-state index contributed by atoms with van der Waals surface area (Å²) in [6.07, 6.45) is 56.2. The molecular formula is C50H86NO8P. The lowest BCUT2D eigenvalue weighted by Gasteiger charge is -2.20. The van der Waals surface area contributed by atoms with E-state index in [1.54, 1.807) is 7.05 Å². The fraction of sp³-hybridized carbons (Fsp3) is 0.680. The number of likely N-dealkylation sites (N-methyl/N-ethyl adjacent to an activating group) is 1. The third kappa shape index (κ3) is 44.7. The highest BCUT2D eigenvalue weighted by molar-refractivity contribution is 7.47. The summed E-state index contributed by atoms with van der Waals surface area (Å²) in [4.78, 5) is 35.2. The van der Waals surface area contributed by atoms with Crippen molar-refractivity contribution >= 4 is 19.8 Å². The van der Waals surface area contributed by atoms with Crippen molar-refractivity contribution in [1.82, 2.24) is 5.32 Å². The Morgan fingerprint density at radius 3 is 1.43 bits per heavy atom. The normalized spacial score (nSPS) is 14.0. The molecule has 0 aliphatic heterocycles. The van der Waals surface area contributed by atoms with Gasteiger partial charge in [-0.1, -0.05) is 163 Å². The van der Waals surface area contributed by atoms with Crippen LogP contribution in [0, 0.1) is 0 Å². The number of hydrogen-bond acceptors (Lipinski definition) is 8. The van der Waals surface area contributed by atoms with Crippen LogP contribution < -0.4 is 5.32 Å². The van der Waals surface area contributed by atoms with E-state index in [1.165, 1.54) is 57.8 Å². The van der Waals surface area contributed by atoms with Crippen LogP contribution >= 0.6 is 7.82 Å². The van der Waals surface area contributed by atoms with Crippen molar-refractivity contribution in [2.75, 3.05) is 33.4 Å². The van der Waals surface area contributed by atoms with Crippen LogP contribution in [0.25, 0.3) is 0 Å². The predicted molar refractivity (Wildman–Crippen MR) is 252 cm³/mol. The summed E-state index contributed by atoms with van der Waals surface area (Å²) in [5, 5.41) is 2.82. The highest BCUT2D eigenvalue weighted by Crippen LogP contribution is 2.43. The quantitative estimate of drug-likeness (QED) is 0.0267. The van der Waals surface area contributed by atoms with Crippen LogP contribution in [0.4, 0.5) is 0 Å². The zero-order valence-electron chi connectivity index (χ0n) is 38.1. The van der Waals surface area contributed by atoms with E-state index in [0.29, 0.717) is 19.4 Å². The Bertz CT molecular complexity index is 1250. The van der Waals surface area contributed by atoms with Gasteiger partial charge in [-0.05, 0) is 96.9 Å². The molecule has 0 spiro atoms. The van der Waals surface area contributed by atoms with E-state index in [4.69, 9.17) is 18.5 Å². The van der Waals surface area contributed by atoms with Gasteiger partial charge < -0.3 is 19.7 Å². The molecule has 0 rings (SSSR count). The third-order valence-electron chi connectivity index (χ3n) is 9.50. The largest absolute Gasteiger partial charge is 0.472 e. The fourth-order valence-corrected chi connectivity index (χ4v) is 6.71. The van der Waals surface area contributed by atoms with E-state index in [9.17, 15) is 19.0 Å². The van der Waals surface area contributed by atoms with Gasteiger partial charge in [0.1, 0.15) is 6.61 Å². The Labute approximate surface area is 366 Å². The Morgan fingerprint density at radius 2 is 0.950 bits per heavy atom. The summed E-state index contributed by atoms with van der Waals surface area (Å²) in [5.41, 5.74) is 0. The van der Waals surface area contributed by atoms with Gasteiger partial charge in [0, 0.05) is 19.4 Å². The molecular weight excluding hydrogens is 774 g/mol. The van der Waals surface area contributed by atoms with Crippen molar-refractivity contribution < 1.29 is 37.6 Å². The highest BCUT2D eigenvalue weighted by Gasteiger charge is 2.26. The van der Waals surface area contributed by atoms with E-state index >= 15 is 0 Å². The van der Waals surface area contributed by atoms with E-state index in [2.05, 4.69) is 104 Å². The van der Waals surface area contributed by atoms with Gasteiger partial charge >= 0.3 is 19.8 Å². The smallest absolute Gasteiger partial charge is 0.462 e. The Balaban J connectivity index is 4.26. The molecule has 344 valence electrons. The molecule has 0 aliphatic carbocycles. The lowest BCUT2D eigenvalue weighted by molar-refractivity contribution is -0.161. The van der Waals surface area contributed by atoms with Gasteiger partial charge in [0.25, 0.3) is 0 Å². The van der Waals surface area contributed by atoms with Crippen LogP contribution in [0.1, 0.15) is 181 Å². The number of rotatable bonds is 43. The van der Waals surface area contributed by atoms with Crippen molar-refractivity contribution in [2.45, 2.75) is 187 Å². The average Bonchev–Trinajstić information content (AvgIpc) is 3.23. The fourth-order valence-electron chi connectivity index (χ4n) is 5.96. The van der Waals surface area contributed by atoms with Gasteiger partial charge in [0.05, 0.1) is 13.2 Å². The topological polar surface area (TPSA) is 120 Å². The molecule has 0 aromatic rings. The van der Waals surface area contributed by atoms with Crippen LogP contribution in [0.3, 0.4) is 0 Å². The third-order valence-corrected chi connectivity index (χ3v) is 10.5. The van der Waals surface area contributed by atoms with E-state index in [-0.39, 0.29) is 26.1 Å². The second-order valence-electron chi connectivity index (χ2n) is 15.2. The zero-order chi connectivity index (χ0) is 43.9. The maximum absolute atomic E-state index is 12.7. The maximum Gasteiger partial charge on any atom is 0.472 e. The summed E-state index contributed by atoms with van der Waals surface area (Å²) in [7, 11) is -2.67. The van der Waals surface area contributed by atoms with Crippen LogP contribution in [-0.4, -0.2) is 56.3 Å². The second-order valence-corrected chi connectivity index (χ2v) is 16.7. The van der Waals surface area contributed by atoms with Crippen molar-refractivity contribution in [3.05, 3.63) is 85.1 Å². The zero-order valence-corrected chi connectivity index (χ0v) is 39.0. The highest BCUT2D eigenvalue weighted by atomic mass is 31.2. The minimum atomic E-state index is -4.37. The molecule has 0 amide bonds. The summed E-state index contributed by atoms with van der Waals surface area (Å²) in [6.45, 7) is 4.04. The van der Waals surface area contributed by atoms with Gasteiger partial charge in [-0.25, -0.2) is 4.57 Å². The van der Waals surface area contributed by atoms with Crippen LogP contribution in [0.5, 0.6) is 0 Å². The molecule has 0 radical (unpaired) electrons. The van der Waals surface area contributed by atoms with E-state index in [0.717, 1.165) is 83.5 Å². The molecule has 0 saturated heterocycles. The van der Waals surface area contributed by atoms with Crippen molar-refractivity contribution in [1.29, 1.82) is 0 Å². The SMILES string of the molecule is CC/C=C\C/C=C\C/C=C\C/C=C\C/C=C\CCCCCC(=O)OCC(COP(=O)(O)OCCNC)OC(=O)CCCCCCCCCCC/C=C\C/C=C\CCCCC. The van der Waals surface area contributed by atoms with Gasteiger partial charge in [-0.3, -0.25) is 18.6 Å². The molecule has 0 fully saturated rings. The number of allylic oxidation sites excluding steroid dienone is 14.